The number of carbonyl (C=O) groups is 2. The molecule has 0 saturated carbocycles. The molecule has 0 unspecified atom stereocenters. The highest BCUT2D eigenvalue weighted by molar-refractivity contribution is 7.10. The van der Waals surface area contributed by atoms with Crippen molar-refractivity contribution in [1.82, 2.24) is 10.6 Å². The number of nitrogens with one attached hydrogen (secondary N) is 2. The fourth-order valence-electron chi connectivity index (χ4n) is 1.89. The van der Waals surface area contributed by atoms with Crippen LogP contribution >= 0.6 is 11.3 Å². The van der Waals surface area contributed by atoms with Crippen LogP contribution in [0.4, 0.5) is 4.79 Å². The first-order valence-corrected chi connectivity index (χ1v) is 7.94. The molecule has 0 aliphatic heterocycles. The van der Waals surface area contributed by atoms with Crippen molar-refractivity contribution < 1.29 is 14.7 Å². The van der Waals surface area contributed by atoms with Gasteiger partial charge in [-0.1, -0.05) is 13.8 Å². The van der Waals surface area contributed by atoms with Gasteiger partial charge in [-0.15, -0.1) is 11.3 Å². The second-order valence-electron chi connectivity index (χ2n) is 5.94. The molecule has 21 heavy (non-hydrogen) atoms. The fourth-order valence-corrected chi connectivity index (χ4v) is 2.74. The standard InChI is InChI=1S/C15H24N2O3S/c1-11-5-9-21-12(11)10-17-14(20)16-8-7-15(2,3)6-4-13(18)19/h5,9H,4,6-8,10H2,1-3H3,(H,18,19)(H2,16,17,20). The van der Waals surface area contributed by atoms with E-state index in [4.69, 9.17) is 5.11 Å². The number of thiophene rings is 1. The number of hydrogen-bond acceptors (Lipinski definition) is 3. The monoisotopic (exact) mass is 312 g/mol. The van der Waals surface area contributed by atoms with E-state index in [-0.39, 0.29) is 17.9 Å². The molecule has 1 heterocycles. The maximum atomic E-state index is 11.7. The van der Waals surface area contributed by atoms with Gasteiger partial charge in [0.1, 0.15) is 0 Å². The van der Waals surface area contributed by atoms with Crippen LogP contribution in [-0.2, 0) is 11.3 Å². The van der Waals surface area contributed by atoms with Gasteiger partial charge in [-0.3, -0.25) is 4.79 Å². The lowest BCUT2D eigenvalue weighted by molar-refractivity contribution is -0.137. The van der Waals surface area contributed by atoms with Crippen LogP contribution in [0.25, 0.3) is 0 Å². The smallest absolute Gasteiger partial charge is 0.315 e. The molecule has 118 valence electrons. The highest BCUT2D eigenvalue weighted by Gasteiger charge is 2.19. The number of carboxylic acids is 1. The summed E-state index contributed by atoms with van der Waals surface area (Å²) in [5.74, 6) is -0.778. The van der Waals surface area contributed by atoms with Crippen LogP contribution in [0.15, 0.2) is 11.4 Å². The van der Waals surface area contributed by atoms with Gasteiger partial charge in [0.2, 0.25) is 0 Å². The quantitative estimate of drug-likeness (QED) is 0.690. The molecule has 2 amide bonds. The van der Waals surface area contributed by atoms with Crippen molar-refractivity contribution in [1.29, 1.82) is 0 Å². The zero-order valence-electron chi connectivity index (χ0n) is 12.9. The average Bonchev–Trinajstić information content (AvgIpc) is 2.79. The molecule has 0 aromatic carbocycles. The molecule has 1 aromatic heterocycles. The average molecular weight is 312 g/mol. The van der Waals surface area contributed by atoms with Crippen molar-refractivity contribution in [2.75, 3.05) is 6.54 Å². The predicted octanol–water partition coefficient (Wildman–Crippen LogP) is 3.14. The van der Waals surface area contributed by atoms with Gasteiger partial charge in [0, 0.05) is 17.8 Å². The third-order valence-electron chi connectivity index (χ3n) is 3.48. The van der Waals surface area contributed by atoms with Crippen molar-refractivity contribution in [3.05, 3.63) is 21.9 Å². The lowest BCUT2D eigenvalue weighted by Gasteiger charge is -2.23. The molecule has 0 atom stereocenters. The summed E-state index contributed by atoms with van der Waals surface area (Å²) in [6.07, 6.45) is 1.53. The summed E-state index contributed by atoms with van der Waals surface area (Å²) in [5, 5.41) is 16.3. The topological polar surface area (TPSA) is 78.4 Å². The number of aryl methyl sites for hydroxylation is 1. The second-order valence-corrected chi connectivity index (χ2v) is 6.94. The van der Waals surface area contributed by atoms with Crippen LogP contribution < -0.4 is 10.6 Å². The number of amides is 2. The van der Waals surface area contributed by atoms with E-state index in [1.165, 1.54) is 5.56 Å². The molecule has 6 heteroatoms. The first-order valence-electron chi connectivity index (χ1n) is 7.07. The fraction of sp³-hybridized carbons (Fsp3) is 0.600. The Balaban J connectivity index is 2.21. The van der Waals surface area contributed by atoms with Crippen LogP contribution in [-0.4, -0.2) is 23.7 Å². The molecule has 0 fully saturated rings. The van der Waals surface area contributed by atoms with E-state index in [2.05, 4.69) is 10.6 Å². The van der Waals surface area contributed by atoms with Crippen LogP contribution in [0.1, 0.15) is 43.6 Å². The minimum Gasteiger partial charge on any atom is -0.481 e. The first kappa shape index (κ1) is 17.5. The van der Waals surface area contributed by atoms with Gasteiger partial charge in [-0.25, -0.2) is 4.79 Å². The van der Waals surface area contributed by atoms with Gasteiger partial charge in [-0.05, 0) is 42.2 Å². The van der Waals surface area contributed by atoms with Crippen LogP contribution in [0.3, 0.4) is 0 Å². The summed E-state index contributed by atoms with van der Waals surface area (Å²) in [5.41, 5.74) is 1.10. The van der Waals surface area contributed by atoms with Crippen LogP contribution in [0, 0.1) is 12.3 Å². The lowest BCUT2D eigenvalue weighted by Crippen LogP contribution is -2.36. The van der Waals surface area contributed by atoms with E-state index in [0.29, 0.717) is 19.5 Å². The van der Waals surface area contributed by atoms with E-state index < -0.39 is 5.97 Å². The second kappa shape index (κ2) is 8.02. The molecular formula is C15H24N2O3S. The summed E-state index contributed by atoms with van der Waals surface area (Å²) in [4.78, 5) is 23.4. The van der Waals surface area contributed by atoms with Crippen molar-refractivity contribution in [2.24, 2.45) is 5.41 Å². The molecule has 0 radical (unpaired) electrons. The SMILES string of the molecule is Cc1ccsc1CNC(=O)NCCC(C)(C)CCC(=O)O. The van der Waals surface area contributed by atoms with E-state index in [0.717, 1.165) is 11.3 Å². The number of carboxylic acid groups (broad SMARTS) is 1. The summed E-state index contributed by atoms with van der Waals surface area (Å²) in [6.45, 7) is 7.14. The Labute approximate surface area is 129 Å². The summed E-state index contributed by atoms with van der Waals surface area (Å²) in [7, 11) is 0. The highest BCUT2D eigenvalue weighted by atomic mass is 32.1. The third-order valence-corrected chi connectivity index (χ3v) is 4.50. The molecule has 0 spiro atoms. The van der Waals surface area contributed by atoms with E-state index in [1.54, 1.807) is 11.3 Å². The van der Waals surface area contributed by atoms with E-state index >= 15 is 0 Å². The predicted molar refractivity (Wildman–Crippen MR) is 84.6 cm³/mol. The third kappa shape index (κ3) is 7.13. The molecule has 5 nitrogen and oxygen atoms in total. The van der Waals surface area contributed by atoms with Crippen molar-refractivity contribution >= 4 is 23.3 Å². The molecule has 0 bridgehead atoms. The maximum absolute atomic E-state index is 11.7. The summed E-state index contributed by atoms with van der Waals surface area (Å²) in [6, 6.07) is 1.85. The Bertz CT molecular complexity index is 483. The minimum absolute atomic E-state index is 0.0873. The first-order chi connectivity index (χ1) is 9.80. The Morgan fingerprint density at radius 1 is 1.29 bits per heavy atom. The number of carbonyl (C=O) groups excluding carboxylic acids is 1. The van der Waals surface area contributed by atoms with Gasteiger partial charge in [0.05, 0.1) is 6.54 Å². The normalized spacial score (nSPS) is 11.2. The van der Waals surface area contributed by atoms with Crippen molar-refractivity contribution in [2.45, 2.75) is 46.6 Å². The summed E-state index contributed by atoms with van der Waals surface area (Å²) >= 11 is 1.63. The zero-order valence-corrected chi connectivity index (χ0v) is 13.7. The molecule has 1 aromatic rings. The van der Waals surface area contributed by atoms with Crippen molar-refractivity contribution in [3.8, 4) is 0 Å². The van der Waals surface area contributed by atoms with Gasteiger partial charge in [0.25, 0.3) is 0 Å². The molecule has 1 rings (SSSR count). The van der Waals surface area contributed by atoms with E-state index in [9.17, 15) is 9.59 Å². The number of aliphatic carboxylic acids is 1. The molecule has 0 aliphatic rings. The Kier molecular flexibility index (Phi) is 6.68. The largest absolute Gasteiger partial charge is 0.481 e. The lowest BCUT2D eigenvalue weighted by atomic mass is 9.84. The highest BCUT2D eigenvalue weighted by Crippen LogP contribution is 2.25. The van der Waals surface area contributed by atoms with Crippen LogP contribution in [0.2, 0.25) is 0 Å². The number of urea groups is 1. The van der Waals surface area contributed by atoms with Crippen molar-refractivity contribution in [3.63, 3.8) is 0 Å². The summed E-state index contributed by atoms with van der Waals surface area (Å²) < 4.78 is 0. The molecule has 3 N–H and O–H groups in total. The van der Waals surface area contributed by atoms with Gasteiger partial charge >= 0.3 is 12.0 Å². The van der Waals surface area contributed by atoms with Crippen LogP contribution in [0.5, 0.6) is 0 Å². The molecule has 0 aliphatic carbocycles. The molecular weight excluding hydrogens is 288 g/mol. The van der Waals surface area contributed by atoms with Gasteiger partial charge in [-0.2, -0.15) is 0 Å². The number of hydrogen-bond donors (Lipinski definition) is 3. The maximum Gasteiger partial charge on any atom is 0.315 e. The minimum atomic E-state index is -0.778. The number of rotatable bonds is 8. The zero-order chi connectivity index (χ0) is 15.9. The Morgan fingerprint density at radius 2 is 2.00 bits per heavy atom. The molecule has 0 saturated heterocycles. The van der Waals surface area contributed by atoms with E-state index in [1.807, 2.05) is 32.2 Å². The Morgan fingerprint density at radius 3 is 2.57 bits per heavy atom. The van der Waals surface area contributed by atoms with Gasteiger partial charge < -0.3 is 15.7 Å². The Hall–Kier alpha value is -1.56. The van der Waals surface area contributed by atoms with Gasteiger partial charge in [0.15, 0.2) is 0 Å².